The van der Waals surface area contributed by atoms with Crippen molar-refractivity contribution < 1.29 is 0 Å². The predicted octanol–water partition coefficient (Wildman–Crippen LogP) is 10.5. The molecule has 0 amide bonds. The Morgan fingerprint density at radius 3 is 1.41 bits per heavy atom. The highest BCUT2D eigenvalue weighted by atomic mass is 15.0. The normalized spacial score (nSPS) is 11.5. The lowest BCUT2D eigenvalue weighted by Gasteiger charge is -2.11. The Morgan fingerprint density at radius 1 is 0.283 bits per heavy atom. The van der Waals surface area contributed by atoms with Gasteiger partial charge in [0, 0.05) is 33.8 Å². The molecule has 0 radical (unpaired) electrons. The van der Waals surface area contributed by atoms with Crippen molar-refractivity contribution in [1.82, 2.24) is 19.9 Å². The smallest absolute Gasteiger partial charge is 0.164 e. The summed E-state index contributed by atoms with van der Waals surface area (Å²) in [6.07, 6.45) is 1.94. The van der Waals surface area contributed by atoms with Gasteiger partial charge in [-0.1, -0.05) is 115 Å². The second-order valence-corrected chi connectivity index (χ2v) is 11.6. The van der Waals surface area contributed by atoms with E-state index in [0.717, 1.165) is 49.5 Å². The first kappa shape index (κ1) is 26.2. The minimum Gasteiger partial charge on any atom is -0.256 e. The van der Waals surface area contributed by atoms with Crippen LogP contribution in [0.2, 0.25) is 0 Å². The topological polar surface area (TPSA) is 51.6 Å². The van der Waals surface area contributed by atoms with E-state index in [1.807, 2.05) is 42.6 Å². The van der Waals surface area contributed by atoms with Crippen molar-refractivity contribution in [2.45, 2.75) is 0 Å². The van der Waals surface area contributed by atoms with Crippen molar-refractivity contribution in [3.8, 4) is 45.4 Å². The second kappa shape index (κ2) is 10.7. The Hall–Kier alpha value is -6.26. The molecule has 214 valence electrons. The summed E-state index contributed by atoms with van der Waals surface area (Å²) in [6, 6.07) is 52.8. The summed E-state index contributed by atoms with van der Waals surface area (Å²) in [5.41, 5.74) is 4.85. The van der Waals surface area contributed by atoms with Crippen LogP contribution >= 0.6 is 0 Å². The number of pyridine rings is 1. The van der Waals surface area contributed by atoms with Gasteiger partial charge in [-0.3, -0.25) is 4.98 Å². The molecule has 9 aromatic rings. The third-order valence-electron chi connectivity index (χ3n) is 8.66. The van der Waals surface area contributed by atoms with Gasteiger partial charge < -0.3 is 0 Å². The third kappa shape index (κ3) is 4.73. The highest BCUT2D eigenvalue weighted by molar-refractivity contribution is 5.99. The fourth-order valence-corrected chi connectivity index (χ4v) is 6.22. The molecule has 0 bridgehead atoms. The molecule has 0 N–H and O–H groups in total. The molecule has 7 aromatic carbocycles. The van der Waals surface area contributed by atoms with Gasteiger partial charge >= 0.3 is 0 Å². The van der Waals surface area contributed by atoms with Crippen LogP contribution in [0.15, 0.2) is 158 Å². The summed E-state index contributed by atoms with van der Waals surface area (Å²) < 4.78 is 0. The van der Waals surface area contributed by atoms with E-state index in [9.17, 15) is 0 Å². The molecule has 0 spiro atoms. The molecule has 4 heteroatoms. The maximum Gasteiger partial charge on any atom is 0.164 e. The summed E-state index contributed by atoms with van der Waals surface area (Å²) in [6.45, 7) is 0. The van der Waals surface area contributed by atoms with Crippen molar-refractivity contribution in [2.24, 2.45) is 0 Å². The fraction of sp³-hybridized carbons (Fsp3) is 0. The first-order valence-electron chi connectivity index (χ1n) is 15.4. The van der Waals surface area contributed by atoms with E-state index in [-0.39, 0.29) is 0 Å². The van der Waals surface area contributed by atoms with E-state index in [1.54, 1.807) is 0 Å². The molecule has 0 aliphatic heterocycles. The molecule has 9 rings (SSSR count). The number of nitrogens with zero attached hydrogens (tertiary/aromatic N) is 4. The van der Waals surface area contributed by atoms with Gasteiger partial charge in [-0.25, -0.2) is 15.0 Å². The van der Waals surface area contributed by atoms with Crippen LogP contribution in [0, 0.1) is 0 Å². The summed E-state index contributed by atoms with van der Waals surface area (Å²) in [4.78, 5) is 19.8. The average Bonchev–Trinajstić information content (AvgIpc) is 3.13. The SMILES string of the molecule is c1ccc(-c2nc(-c3ccc4ccc(-c5cc6ccccc6cn5)cc4c3)nc(-c3ccc4cc5ccccc5cc4c3)n2)cc1. The van der Waals surface area contributed by atoms with Crippen LogP contribution in [0.25, 0.3) is 88.5 Å². The van der Waals surface area contributed by atoms with Crippen molar-refractivity contribution >= 4 is 43.1 Å². The highest BCUT2D eigenvalue weighted by Gasteiger charge is 2.14. The Balaban J connectivity index is 1.18. The summed E-state index contributed by atoms with van der Waals surface area (Å²) in [5.74, 6) is 1.93. The number of hydrogen-bond acceptors (Lipinski definition) is 4. The lowest BCUT2D eigenvalue weighted by molar-refractivity contribution is 1.08. The fourth-order valence-electron chi connectivity index (χ4n) is 6.22. The van der Waals surface area contributed by atoms with Gasteiger partial charge in [0.15, 0.2) is 17.5 Å². The van der Waals surface area contributed by atoms with E-state index in [0.29, 0.717) is 17.5 Å². The lowest BCUT2D eigenvalue weighted by Crippen LogP contribution is -2.00. The predicted molar refractivity (Wildman–Crippen MR) is 189 cm³/mol. The van der Waals surface area contributed by atoms with Gasteiger partial charge in [0.2, 0.25) is 0 Å². The van der Waals surface area contributed by atoms with Crippen LogP contribution in [0.3, 0.4) is 0 Å². The van der Waals surface area contributed by atoms with Crippen LogP contribution in [0.4, 0.5) is 0 Å². The Morgan fingerprint density at radius 2 is 0.739 bits per heavy atom. The van der Waals surface area contributed by atoms with Crippen molar-refractivity contribution in [1.29, 1.82) is 0 Å². The van der Waals surface area contributed by atoms with Gasteiger partial charge in [0.25, 0.3) is 0 Å². The maximum absolute atomic E-state index is 5.06. The zero-order chi connectivity index (χ0) is 30.5. The standard InChI is InChI=1S/C42H26N4/c1-2-8-28(9-3-1)40-44-41(46-42(45-40)35-19-16-32-20-29-10-4-5-11-30(29)21-38(32)24-35)34-18-15-27-14-17-33(22-37(27)23-34)39-25-31-12-6-7-13-36(31)26-43-39/h1-26H. The molecule has 0 saturated heterocycles. The second-order valence-electron chi connectivity index (χ2n) is 11.6. The summed E-state index contributed by atoms with van der Waals surface area (Å²) in [7, 11) is 0. The monoisotopic (exact) mass is 586 g/mol. The molecule has 4 nitrogen and oxygen atoms in total. The van der Waals surface area contributed by atoms with Crippen LogP contribution in [0.1, 0.15) is 0 Å². The van der Waals surface area contributed by atoms with Gasteiger partial charge in [-0.2, -0.15) is 0 Å². The molecule has 0 saturated carbocycles. The third-order valence-corrected chi connectivity index (χ3v) is 8.66. The van der Waals surface area contributed by atoms with E-state index in [4.69, 9.17) is 19.9 Å². The molecule has 0 unspecified atom stereocenters. The molecule has 0 aliphatic carbocycles. The van der Waals surface area contributed by atoms with Crippen LogP contribution in [0.5, 0.6) is 0 Å². The summed E-state index contributed by atoms with van der Waals surface area (Å²) in [5, 5.41) is 9.34. The first-order valence-corrected chi connectivity index (χ1v) is 15.4. The lowest BCUT2D eigenvalue weighted by atomic mass is 10.0. The van der Waals surface area contributed by atoms with E-state index in [2.05, 4.69) is 115 Å². The molecule has 0 fully saturated rings. The number of rotatable bonds is 4. The van der Waals surface area contributed by atoms with Crippen LogP contribution < -0.4 is 0 Å². The van der Waals surface area contributed by atoms with Crippen LogP contribution in [-0.4, -0.2) is 19.9 Å². The highest BCUT2D eigenvalue weighted by Crippen LogP contribution is 2.32. The molecule has 0 atom stereocenters. The molecular formula is C42H26N4. The zero-order valence-electron chi connectivity index (χ0n) is 24.8. The molecule has 2 heterocycles. The Kier molecular flexibility index (Phi) is 6.10. The first-order chi connectivity index (χ1) is 22.7. The number of benzene rings is 7. The van der Waals surface area contributed by atoms with Gasteiger partial charge in [-0.05, 0) is 74.1 Å². The molecular weight excluding hydrogens is 560 g/mol. The zero-order valence-corrected chi connectivity index (χ0v) is 24.8. The van der Waals surface area contributed by atoms with E-state index < -0.39 is 0 Å². The molecule has 46 heavy (non-hydrogen) atoms. The van der Waals surface area contributed by atoms with Gasteiger partial charge in [0.1, 0.15) is 0 Å². The van der Waals surface area contributed by atoms with Gasteiger partial charge in [0.05, 0.1) is 5.69 Å². The Bertz CT molecular complexity index is 2590. The van der Waals surface area contributed by atoms with E-state index >= 15 is 0 Å². The largest absolute Gasteiger partial charge is 0.256 e. The summed E-state index contributed by atoms with van der Waals surface area (Å²) >= 11 is 0. The van der Waals surface area contributed by atoms with Crippen molar-refractivity contribution in [3.63, 3.8) is 0 Å². The average molecular weight is 587 g/mol. The maximum atomic E-state index is 5.06. The molecule has 2 aromatic heterocycles. The van der Waals surface area contributed by atoms with Crippen LogP contribution in [-0.2, 0) is 0 Å². The minimum atomic E-state index is 0.638. The van der Waals surface area contributed by atoms with Crippen molar-refractivity contribution in [3.05, 3.63) is 158 Å². The minimum absolute atomic E-state index is 0.638. The van der Waals surface area contributed by atoms with E-state index in [1.165, 1.54) is 21.5 Å². The molecule has 0 aliphatic rings. The number of fused-ring (bicyclic) bond motifs is 4. The quantitative estimate of drug-likeness (QED) is 0.193. The van der Waals surface area contributed by atoms with Gasteiger partial charge in [-0.15, -0.1) is 0 Å². The number of hydrogen-bond donors (Lipinski definition) is 0. The number of aromatic nitrogens is 4. The Labute approximate surface area is 265 Å². The van der Waals surface area contributed by atoms with Crippen molar-refractivity contribution in [2.75, 3.05) is 0 Å².